The van der Waals surface area contributed by atoms with Crippen LogP contribution in [0.15, 0.2) is 30.6 Å². The number of hydrogen-bond donors (Lipinski definition) is 2. The van der Waals surface area contributed by atoms with E-state index in [4.69, 9.17) is 0 Å². The lowest BCUT2D eigenvalue weighted by Gasteiger charge is -2.27. The number of imidazole rings is 1. The van der Waals surface area contributed by atoms with Crippen molar-refractivity contribution in [1.82, 2.24) is 19.9 Å². The van der Waals surface area contributed by atoms with Crippen LogP contribution in [-0.2, 0) is 19.9 Å². The SMILES string of the molecule is Cc1ccc2[nH]c3c(c2c1)CC(NC(C)c1nccn1C)CC3. The van der Waals surface area contributed by atoms with Gasteiger partial charge in [0.05, 0.1) is 6.04 Å². The Morgan fingerprint density at radius 2 is 2.26 bits per heavy atom. The summed E-state index contributed by atoms with van der Waals surface area (Å²) >= 11 is 0. The Labute approximate surface area is 136 Å². The van der Waals surface area contributed by atoms with Gasteiger partial charge in [0.2, 0.25) is 0 Å². The molecule has 4 heteroatoms. The van der Waals surface area contributed by atoms with Crippen LogP contribution >= 0.6 is 0 Å². The molecule has 120 valence electrons. The first kappa shape index (κ1) is 14.5. The van der Waals surface area contributed by atoms with Gasteiger partial charge in [-0.15, -0.1) is 0 Å². The predicted octanol–water partition coefficient (Wildman–Crippen LogP) is 3.42. The Morgan fingerprint density at radius 1 is 1.39 bits per heavy atom. The summed E-state index contributed by atoms with van der Waals surface area (Å²) in [6, 6.07) is 7.49. The molecule has 0 fully saturated rings. The summed E-state index contributed by atoms with van der Waals surface area (Å²) in [5.41, 5.74) is 5.53. The first-order valence-electron chi connectivity index (χ1n) is 8.45. The number of fused-ring (bicyclic) bond motifs is 3. The van der Waals surface area contributed by atoms with Gasteiger partial charge in [0.25, 0.3) is 0 Å². The van der Waals surface area contributed by atoms with Crippen LogP contribution in [0.3, 0.4) is 0 Å². The van der Waals surface area contributed by atoms with E-state index in [1.165, 1.54) is 34.1 Å². The summed E-state index contributed by atoms with van der Waals surface area (Å²) in [5.74, 6) is 1.10. The Kier molecular flexibility index (Phi) is 3.49. The molecule has 0 radical (unpaired) electrons. The quantitative estimate of drug-likeness (QED) is 0.779. The molecule has 0 saturated heterocycles. The number of nitrogens with one attached hydrogen (secondary N) is 2. The second kappa shape index (κ2) is 5.53. The lowest BCUT2D eigenvalue weighted by atomic mass is 9.90. The van der Waals surface area contributed by atoms with Gasteiger partial charge in [-0.05, 0) is 50.8 Å². The van der Waals surface area contributed by atoms with Crippen molar-refractivity contribution in [2.45, 2.75) is 45.2 Å². The Bertz CT molecular complexity index is 842. The summed E-state index contributed by atoms with van der Waals surface area (Å²) in [5, 5.41) is 5.17. The second-order valence-corrected chi connectivity index (χ2v) is 6.86. The maximum atomic E-state index is 4.47. The van der Waals surface area contributed by atoms with E-state index in [1.807, 2.05) is 12.4 Å². The van der Waals surface area contributed by atoms with Crippen molar-refractivity contribution in [1.29, 1.82) is 0 Å². The number of benzene rings is 1. The van der Waals surface area contributed by atoms with Gasteiger partial charge in [-0.1, -0.05) is 11.6 Å². The lowest BCUT2D eigenvalue weighted by Crippen LogP contribution is -2.37. The Balaban J connectivity index is 1.57. The molecule has 2 aromatic heterocycles. The fraction of sp³-hybridized carbons (Fsp3) is 0.421. The molecule has 2 heterocycles. The number of aryl methyl sites for hydroxylation is 3. The molecule has 4 rings (SSSR count). The molecule has 0 bridgehead atoms. The molecule has 1 aliphatic rings. The highest BCUT2D eigenvalue weighted by atomic mass is 15.1. The van der Waals surface area contributed by atoms with Gasteiger partial charge in [-0.25, -0.2) is 4.98 Å². The maximum absolute atomic E-state index is 4.47. The zero-order valence-electron chi connectivity index (χ0n) is 14.1. The fourth-order valence-corrected chi connectivity index (χ4v) is 3.90. The van der Waals surface area contributed by atoms with Crippen LogP contribution in [0.25, 0.3) is 10.9 Å². The van der Waals surface area contributed by atoms with E-state index in [2.05, 4.69) is 58.9 Å². The summed E-state index contributed by atoms with van der Waals surface area (Å²) in [4.78, 5) is 8.08. The van der Waals surface area contributed by atoms with E-state index in [9.17, 15) is 0 Å². The van der Waals surface area contributed by atoms with Crippen LogP contribution in [0.5, 0.6) is 0 Å². The van der Waals surface area contributed by atoms with Gasteiger partial charge in [0.1, 0.15) is 5.82 Å². The number of H-pyrrole nitrogens is 1. The highest BCUT2D eigenvalue weighted by molar-refractivity contribution is 5.85. The smallest absolute Gasteiger partial charge is 0.125 e. The van der Waals surface area contributed by atoms with Gasteiger partial charge in [-0.3, -0.25) is 0 Å². The molecule has 2 unspecified atom stereocenters. The van der Waals surface area contributed by atoms with Crippen LogP contribution in [0, 0.1) is 6.92 Å². The Hall–Kier alpha value is -2.07. The standard InChI is InChI=1S/C19H24N4/c1-12-4-6-17-15(10-12)16-11-14(5-7-18(16)22-17)21-13(2)19-20-8-9-23(19)3/h4,6,8-10,13-14,21-22H,5,7,11H2,1-3H3. The van der Waals surface area contributed by atoms with E-state index in [1.54, 1.807) is 0 Å². The minimum absolute atomic E-state index is 0.272. The average Bonchev–Trinajstić information content (AvgIpc) is 3.10. The molecule has 2 N–H and O–H groups in total. The average molecular weight is 308 g/mol. The van der Waals surface area contributed by atoms with Crippen LogP contribution in [0.4, 0.5) is 0 Å². The molecule has 0 aliphatic heterocycles. The zero-order valence-corrected chi connectivity index (χ0v) is 14.1. The number of nitrogens with zero attached hydrogens (tertiary/aromatic N) is 2. The molecule has 3 aromatic rings. The number of rotatable bonds is 3. The summed E-state index contributed by atoms with van der Waals surface area (Å²) in [6.45, 7) is 4.37. The van der Waals surface area contributed by atoms with Crippen molar-refractivity contribution in [3.8, 4) is 0 Å². The highest BCUT2D eigenvalue weighted by Crippen LogP contribution is 2.30. The van der Waals surface area contributed by atoms with Crippen molar-refractivity contribution in [2.24, 2.45) is 7.05 Å². The van der Waals surface area contributed by atoms with Gasteiger partial charge >= 0.3 is 0 Å². The van der Waals surface area contributed by atoms with Gasteiger partial charge in [-0.2, -0.15) is 0 Å². The van der Waals surface area contributed by atoms with Gasteiger partial charge in [0.15, 0.2) is 0 Å². The summed E-state index contributed by atoms with van der Waals surface area (Å²) in [7, 11) is 2.06. The largest absolute Gasteiger partial charge is 0.358 e. The van der Waals surface area contributed by atoms with Crippen LogP contribution in [0.2, 0.25) is 0 Å². The minimum Gasteiger partial charge on any atom is -0.358 e. The van der Waals surface area contributed by atoms with E-state index in [0.717, 1.165) is 18.7 Å². The predicted molar refractivity (Wildman–Crippen MR) is 93.6 cm³/mol. The van der Waals surface area contributed by atoms with Crippen LogP contribution < -0.4 is 5.32 Å². The lowest BCUT2D eigenvalue weighted by molar-refractivity contribution is 0.399. The molecular formula is C19H24N4. The van der Waals surface area contributed by atoms with Crippen molar-refractivity contribution < 1.29 is 0 Å². The summed E-state index contributed by atoms with van der Waals surface area (Å²) in [6.07, 6.45) is 7.26. The van der Waals surface area contributed by atoms with E-state index in [-0.39, 0.29) is 6.04 Å². The first-order chi connectivity index (χ1) is 11.1. The van der Waals surface area contributed by atoms with Crippen molar-refractivity contribution in [3.63, 3.8) is 0 Å². The summed E-state index contributed by atoms with van der Waals surface area (Å²) < 4.78 is 2.10. The van der Waals surface area contributed by atoms with Crippen molar-refractivity contribution in [2.75, 3.05) is 0 Å². The Morgan fingerprint density at radius 3 is 3.04 bits per heavy atom. The molecular weight excluding hydrogens is 284 g/mol. The normalized spacial score (nSPS) is 19.0. The third-order valence-corrected chi connectivity index (χ3v) is 5.07. The fourth-order valence-electron chi connectivity index (χ4n) is 3.90. The topological polar surface area (TPSA) is 45.6 Å². The highest BCUT2D eigenvalue weighted by Gasteiger charge is 2.24. The molecule has 0 saturated carbocycles. The molecule has 23 heavy (non-hydrogen) atoms. The molecule has 4 nitrogen and oxygen atoms in total. The molecule has 1 aromatic carbocycles. The third-order valence-electron chi connectivity index (χ3n) is 5.07. The molecule has 0 amide bonds. The van der Waals surface area contributed by atoms with Gasteiger partial charge in [0, 0.05) is 42.1 Å². The third kappa shape index (κ3) is 2.57. The van der Waals surface area contributed by atoms with E-state index >= 15 is 0 Å². The zero-order chi connectivity index (χ0) is 16.0. The van der Waals surface area contributed by atoms with Crippen LogP contribution in [-0.4, -0.2) is 20.6 Å². The molecule has 0 spiro atoms. The monoisotopic (exact) mass is 308 g/mol. The number of hydrogen-bond acceptors (Lipinski definition) is 2. The number of aromatic nitrogens is 3. The molecule has 1 aliphatic carbocycles. The number of aromatic amines is 1. The van der Waals surface area contributed by atoms with Crippen molar-refractivity contribution in [3.05, 3.63) is 53.2 Å². The van der Waals surface area contributed by atoms with Gasteiger partial charge < -0.3 is 14.9 Å². The first-order valence-corrected chi connectivity index (χ1v) is 8.45. The van der Waals surface area contributed by atoms with Crippen LogP contribution in [0.1, 0.15) is 42.0 Å². The molecule has 2 atom stereocenters. The van der Waals surface area contributed by atoms with Crippen molar-refractivity contribution >= 4 is 10.9 Å². The second-order valence-electron chi connectivity index (χ2n) is 6.86. The maximum Gasteiger partial charge on any atom is 0.125 e. The van der Waals surface area contributed by atoms with E-state index in [0.29, 0.717) is 6.04 Å². The van der Waals surface area contributed by atoms with E-state index < -0.39 is 0 Å². The minimum atomic E-state index is 0.272.